The first kappa shape index (κ1) is 11.2. The molecule has 0 aliphatic carbocycles. The van der Waals surface area contributed by atoms with Gasteiger partial charge in [0.15, 0.2) is 12.2 Å². The first-order chi connectivity index (χ1) is 9.33. The predicted molar refractivity (Wildman–Crippen MR) is 68.5 cm³/mol. The summed E-state index contributed by atoms with van der Waals surface area (Å²) in [6.07, 6.45) is 4.51. The molecule has 6 nitrogen and oxygen atoms in total. The number of nitrogens with zero attached hydrogens (tertiary/aromatic N) is 2. The van der Waals surface area contributed by atoms with Crippen LogP contribution in [0.1, 0.15) is 10.5 Å². The number of aromatic nitrogens is 3. The topological polar surface area (TPSA) is 83.8 Å². The molecule has 0 saturated carbocycles. The minimum Gasteiger partial charge on any atom is -0.444 e. The zero-order valence-corrected chi connectivity index (χ0v) is 9.83. The Balaban J connectivity index is 1.82. The molecule has 3 rings (SSSR count). The number of nitrogens with one attached hydrogen (secondary N) is 2. The van der Waals surface area contributed by atoms with E-state index in [0.29, 0.717) is 17.1 Å². The lowest BCUT2D eigenvalue weighted by atomic mass is 10.1. The minimum absolute atomic E-state index is 0.243. The summed E-state index contributed by atoms with van der Waals surface area (Å²) in [5.74, 6) is 0.407. The van der Waals surface area contributed by atoms with E-state index in [4.69, 9.17) is 4.42 Å². The summed E-state index contributed by atoms with van der Waals surface area (Å²) >= 11 is 0. The molecule has 0 fully saturated rings. The van der Waals surface area contributed by atoms with Crippen molar-refractivity contribution in [1.82, 2.24) is 15.2 Å². The van der Waals surface area contributed by atoms with Gasteiger partial charge in [-0.1, -0.05) is 12.1 Å². The third-order valence-corrected chi connectivity index (χ3v) is 2.58. The maximum atomic E-state index is 11.9. The Morgan fingerprint density at radius 1 is 1.32 bits per heavy atom. The fourth-order valence-electron chi connectivity index (χ4n) is 1.69. The number of anilines is 1. The van der Waals surface area contributed by atoms with Crippen LogP contribution in [-0.4, -0.2) is 21.1 Å². The highest BCUT2D eigenvalue weighted by Crippen LogP contribution is 2.22. The van der Waals surface area contributed by atoms with E-state index >= 15 is 0 Å². The molecule has 2 heterocycles. The van der Waals surface area contributed by atoms with Crippen molar-refractivity contribution in [2.24, 2.45) is 0 Å². The van der Waals surface area contributed by atoms with Crippen molar-refractivity contribution in [2.75, 3.05) is 5.32 Å². The number of rotatable bonds is 3. The van der Waals surface area contributed by atoms with Gasteiger partial charge in [-0.3, -0.25) is 9.89 Å². The Morgan fingerprint density at radius 3 is 3.00 bits per heavy atom. The van der Waals surface area contributed by atoms with E-state index in [9.17, 15) is 4.79 Å². The highest BCUT2D eigenvalue weighted by atomic mass is 16.3. The highest BCUT2D eigenvalue weighted by Gasteiger charge is 2.08. The molecule has 0 saturated heterocycles. The predicted octanol–water partition coefficient (Wildman–Crippen LogP) is 2.32. The monoisotopic (exact) mass is 254 g/mol. The maximum Gasteiger partial charge on any atom is 0.273 e. The molecular weight excluding hydrogens is 244 g/mol. The molecule has 1 aromatic carbocycles. The Hall–Kier alpha value is -2.89. The third kappa shape index (κ3) is 2.37. The van der Waals surface area contributed by atoms with Gasteiger partial charge in [0.05, 0.1) is 6.20 Å². The molecule has 0 aliphatic heterocycles. The van der Waals surface area contributed by atoms with Crippen LogP contribution in [0.2, 0.25) is 0 Å². The molecule has 2 N–H and O–H groups in total. The van der Waals surface area contributed by atoms with Crippen molar-refractivity contribution in [3.63, 3.8) is 0 Å². The summed E-state index contributed by atoms with van der Waals surface area (Å²) in [5, 5.41) is 9.12. The summed E-state index contributed by atoms with van der Waals surface area (Å²) in [5.41, 5.74) is 1.93. The Kier molecular flexibility index (Phi) is 2.82. The largest absolute Gasteiger partial charge is 0.444 e. The van der Waals surface area contributed by atoms with Crippen LogP contribution in [0.5, 0.6) is 0 Å². The van der Waals surface area contributed by atoms with Crippen molar-refractivity contribution in [3.8, 4) is 11.3 Å². The highest BCUT2D eigenvalue weighted by molar-refractivity contribution is 6.03. The second-order valence-corrected chi connectivity index (χ2v) is 3.87. The number of amides is 1. The molecule has 0 radical (unpaired) electrons. The van der Waals surface area contributed by atoms with E-state index in [2.05, 4.69) is 20.5 Å². The van der Waals surface area contributed by atoms with Crippen LogP contribution in [0, 0.1) is 0 Å². The Morgan fingerprint density at radius 2 is 2.26 bits per heavy atom. The van der Waals surface area contributed by atoms with Crippen LogP contribution >= 0.6 is 0 Å². The molecular formula is C13H10N4O2. The number of oxazole rings is 1. The van der Waals surface area contributed by atoms with Crippen LogP contribution in [-0.2, 0) is 0 Å². The number of aromatic amines is 1. The number of carbonyl (C=O) groups excluding carboxylic acids is 1. The number of H-pyrrole nitrogens is 1. The summed E-state index contributed by atoms with van der Waals surface area (Å²) in [6, 6.07) is 8.94. The lowest BCUT2D eigenvalue weighted by molar-refractivity contribution is 0.102. The minimum atomic E-state index is -0.243. The molecule has 2 aromatic heterocycles. The van der Waals surface area contributed by atoms with Gasteiger partial charge < -0.3 is 9.73 Å². The van der Waals surface area contributed by atoms with Crippen molar-refractivity contribution < 1.29 is 9.21 Å². The standard InChI is InChI=1S/C13H10N4O2/c18-13(11-4-5-15-17-11)16-10-3-1-2-9(6-10)12-7-14-8-19-12/h1-8H,(H,15,17)(H,16,18). The summed E-state index contributed by atoms with van der Waals surface area (Å²) in [4.78, 5) is 15.7. The van der Waals surface area contributed by atoms with Gasteiger partial charge in [0.2, 0.25) is 0 Å². The zero-order chi connectivity index (χ0) is 13.1. The molecule has 0 atom stereocenters. The first-order valence-corrected chi connectivity index (χ1v) is 5.62. The van der Waals surface area contributed by atoms with E-state index in [1.165, 1.54) is 12.6 Å². The first-order valence-electron chi connectivity index (χ1n) is 5.62. The van der Waals surface area contributed by atoms with Crippen LogP contribution in [0.15, 0.2) is 53.5 Å². The summed E-state index contributed by atoms with van der Waals surface area (Å²) < 4.78 is 5.21. The van der Waals surface area contributed by atoms with Gasteiger partial charge in [-0.25, -0.2) is 4.98 Å². The molecule has 0 unspecified atom stereocenters. The third-order valence-electron chi connectivity index (χ3n) is 2.58. The van der Waals surface area contributed by atoms with E-state index in [0.717, 1.165) is 5.56 Å². The van der Waals surface area contributed by atoms with Crippen molar-refractivity contribution in [2.45, 2.75) is 0 Å². The van der Waals surface area contributed by atoms with Crippen molar-refractivity contribution in [1.29, 1.82) is 0 Å². The maximum absolute atomic E-state index is 11.9. The van der Waals surface area contributed by atoms with E-state index in [1.54, 1.807) is 18.3 Å². The normalized spacial score (nSPS) is 10.3. The lowest BCUT2D eigenvalue weighted by Gasteiger charge is -2.04. The van der Waals surface area contributed by atoms with Crippen molar-refractivity contribution in [3.05, 3.63) is 54.8 Å². The van der Waals surface area contributed by atoms with Crippen molar-refractivity contribution >= 4 is 11.6 Å². The number of hydrogen-bond acceptors (Lipinski definition) is 4. The van der Waals surface area contributed by atoms with Crippen LogP contribution in [0.3, 0.4) is 0 Å². The Labute approximate surface area is 108 Å². The molecule has 0 bridgehead atoms. The zero-order valence-electron chi connectivity index (χ0n) is 9.83. The summed E-state index contributed by atoms with van der Waals surface area (Å²) in [6.45, 7) is 0. The Bertz CT molecular complexity index is 675. The fraction of sp³-hybridized carbons (Fsp3) is 0. The smallest absolute Gasteiger partial charge is 0.273 e. The van der Waals surface area contributed by atoms with E-state index in [-0.39, 0.29) is 5.91 Å². The average molecular weight is 254 g/mol. The van der Waals surface area contributed by atoms with Gasteiger partial charge in [-0.15, -0.1) is 0 Å². The van der Waals surface area contributed by atoms with Crippen LogP contribution in [0.25, 0.3) is 11.3 Å². The molecule has 0 aliphatic rings. The van der Waals surface area contributed by atoms with Gasteiger partial charge in [0.25, 0.3) is 5.91 Å². The molecule has 6 heteroatoms. The molecule has 3 aromatic rings. The van der Waals surface area contributed by atoms with Gasteiger partial charge in [0.1, 0.15) is 5.69 Å². The molecule has 1 amide bonds. The van der Waals surface area contributed by atoms with Crippen LogP contribution in [0.4, 0.5) is 5.69 Å². The molecule has 19 heavy (non-hydrogen) atoms. The van der Waals surface area contributed by atoms with E-state index in [1.807, 2.05) is 18.2 Å². The van der Waals surface area contributed by atoms with Crippen LogP contribution < -0.4 is 5.32 Å². The van der Waals surface area contributed by atoms with Gasteiger partial charge in [-0.2, -0.15) is 5.10 Å². The number of carbonyl (C=O) groups is 1. The lowest BCUT2D eigenvalue weighted by Crippen LogP contribution is -2.12. The molecule has 0 spiro atoms. The average Bonchev–Trinajstić information content (AvgIpc) is 3.13. The quantitative estimate of drug-likeness (QED) is 0.751. The van der Waals surface area contributed by atoms with Gasteiger partial charge >= 0.3 is 0 Å². The fourth-order valence-corrected chi connectivity index (χ4v) is 1.69. The van der Waals surface area contributed by atoms with E-state index < -0.39 is 0 Å². The second kappa shape index (κ2) is 4.77. The van der Waals surface area contributed by atoms with Gasteiger partial charge in [-0.05, 0) is 18.2 Å². The second-order valence-electron chi connectivity index (χ2n) is 3.87. The van der Waals surface area contributed by atoms with Gasteiger partial charge in [0, 0.05) is 17.4 Å². The molecule has 94 valence electrons. The number of benzene rings is 1. The SMILES string of the molecule is O=C(Nc1cccc(-c2cnco2)c1)c1ccn[nH]1. The number of hydrogen-bond donors (Lipinski definition) is 2. The summed E-state index contributed by atoms with van der Waals surface area (Å²) in [7, 11) is 0.